The summed E-state index contributed by atoms with van der Waals surface area (Å²) < 4.78 is 18.8. The molecule has 2 rings (SSSR count). The highest BCUT2D eigenvalue weighted by Gasteiger charge is 2.15. The molecule has 0 aliphatic rings. The maximum atomic E-state index is 13.5. The number of carboxylic acid groups (broad SMARTS) is 1. The summed E-state index contributed by atoms with van der Waals surface area (Å²) in [4.78, 5) is 11.2. The van der Waals surface area contributed by atoms with Crippen LogP contribution < -0.4 is 4.74 Å². The van der Waals surface area contributed by atoms with Gasteiger partial charge in [0, 0.05) is 0 Å². The van der Waals surface area contributed by atoms with Crippen LogP contribution in [0, 0.1) is 24.1 Å². The fourth-order valence-electron chi connectivity index (χ4n) is 1.72. The molecule has 2 aromatic carbocycles. The highest BCUT2D eigenvalue weighted by atomic mass is 19.1. The van der Waals surface area contributed by atoms with Gasteiger partial charge in [0.2, 0.25) is 0 Å². The predicted octanol–water partition coefficient (Wildman–Crippen LogP) is 3.50. The van der Waals surface area contributed by atoms with Crippen molar-refractivity contribution in [1.29, 1.82) is 5.26 Å². The number of benzene rings is 2. The van der Waals surface area contributed by atoms with E-state index in [1.807, 2.05) is 0 Å². The summed E-state index contributed by atoms with van der Waals surface area (Å²) in [6.45, 7) is 1.75. The van der Waals surface area contributed by atoms with Crippen molar-refractivity contribution < 1.29 is 19.0 Å². The predicted molar refractivity (Wildman–Crippen MR) is 69.3 cm³/mol. The molecule has 0 aliphatic heterocycles. The maximum Gasteiger partial charge on any atom is 0.339 e. The zero-order valence-electron chi connectivity index (χ0n) is 10.6. The highest BCUT2D eigenvalue weighted by molar-refractivity contribution is 5.91. The first-order valence-corrected chi connectivity index (χ1v) is 5.73. The molecule has 0 fully saturated rings. The maximum absolute atomic E-state index is 13.5. The van der Waals surface area contributed by atoms with Crippen LogP contribution in [0.4, 0.5) is 4.39 Å². The van der Waals surface area contributed by atoms with Gasteiger partial charge in [0.05, 0.1) is 0 Å². The Bertz CT molecular complexity index is 720. The lowest BCUT2D eigenvalue weighted by atomic mass is 10.1. The van der Waals surface area contributed by atoms with E-state index in [1.165, 1.54) is 24.3 Å². The standard InChI is InChI=1S/C15H10FNO3/c1-9-5-6-14(10(7-9)15(18)19)20-13-4-2-3-12(16)11(13)8-17/h2-7H,1H3,(H,18,19). The summed E-state index contributed by atoms with van der Waals surface area (Å²) >= 11 is 0. The van der Waals surface area contributed by atoms with Gasteiger partial charge < -0.3 is 9.84 Å². The Morgan fingerprint density at radius 1 is 1.30 bits per heavy atom. The van der Waals surface area contributed by atoms with E-state index >= 15 is 0 Å². The number of hydrogen-bond donors (Lipinski definition) is 1. The number of rotatable bonds is 3. The van der Waals surface area contributed by atoms with Gasteiger partial charge >= 0.3 is 5.97 Å². The fraction of sp³-hybridized carbons (Fsp3) is 0.0667. The Labute approximate surface area is 114 Å². The van der Waals surface area contributed by atoms with Crippen molar-refractivity contribution in [3.05, 3.63) is 58.9 Å². The minimum absolute atomic E-state index is 0.0150. The first-order valence-electron chi connectivity index (χ1n) is 5.73. The number of aryl methyl sites for hydroxylation is 1. The van der Waals surface area contributed by atoms with Crippen LogP contribution in [0.2, 0.25) is 0 Å². The molecule has 1 N–H and O–H groups in total. The van der Waals surface area contributed by atoms with Gasteiger partial charge in [-0.25, -0.2) is 9.18 Å². The molecule has 0 radical (unpaired) electrons. The lowest BCUT2D eigenvalue weighted by Crippen LogP contribution is -2.01. The molecule has 0 unspecified atom stereocenters. The molecular formula is C15H10FNO3. The van der Waals surface area contributed by atoms with Crippen LogP contribution >= 0.6 is 0 Å². The monoisotopic (exact) mass is 271 g/mol. The molecule has 100 valence electrons. The first-order chi connectivity index (χ1) is 9.52. The number of aromatic carboxylic acids is 1. The van der Waals surface area contributed by atoms with E-state index in [0.717, 1.165) is 11.6 Å². The SMILES string of the molecule is Cc1ccc(Oc2cccc(F)c2C#N)c(C(=O)O)c1. The lowest BCUT2D eigenvalue weighted by molar-refractivity contribution is 0.0694. The van der Waals surface area contributed by atoms with Crippen LogP contribution in [-0.2, 0) is 0 Å². The average molecular weight is 271 g/mol. The summed E-state index contributed by atoms with van der Waals surface area (Å²) in [5, 5.41) is 18.0. The Hall–Kier alpha value is -2.87. The Morgan fingerprint density at radius 2 is 2.05 bits per heavy atom. The number of ether oxygens (including phenoxy) is 1. The fourth-order valence-corrected chi connectivity index (χ4v) is 1.72. The van der Waals surface area contributed by atoms with Crippen molar-refractivity contribution in [2.75, 3.05) is 0 Å². The Morgan fingerprint density at radius 3 is 2.70 bits per heavy atom. The molecule has 0 saturated carbocycles. The Kier molecular flexibility index (Phi) is 3.67. The smallest absolute Gasteiger partial charge is 0.339 e. The molecule has 0 aliphatic carbocycles. The molecule has 0 amide bonds. The van der Waals surface area contributed by atoms with E-state index in [2.05, 4.69) is 0 Å². The number of nitriles is 1. The van der Waals surface area contributed by atoms with Crippen LogP contribution in [-0.4, -0.2) is 11.1 Å². The first kappa shape index (κ1) is 13.6. The molecule has 0 aromatic heterocycles. The van der Waals surface area contributed by atoms with Crippen molar-refractivity contribution >= 4 is 5.97 Å². The quantitative estimate of drug-likeness (QED) is 0.927. The number of hydrogen-bond acceptors (Lipinski definition) is 3. The minimum Gasteiger partial charge on any atom is -0.478 e. The third kappa shape index (κ3) is 2.59. The molecular weight excluding hydrogens is 261 g/mol. The van der Waals surface area contributed by atoms with Gasteiger partial charge in [-0.1, -0.05) is 17.7 Å². The molecule has 0 heterocycles. The molecule has 0 spiro atoms. The van der Waals surface area contributed by atoms with Gasteiger partial charge in [-0.15, -0.1) is 0 Å². The molecule has 4 nitrogen and oxygen atoms in total. The summed E-state index contributed by atoms with van der Waals surface area (Å²) in [5.74, 6) is -1.82. The second-order valence-electron chi connectivity index (χ2n) is 4.13. The van der Waals surface area contributed by atoms with Gasteiger partial charge in [0.1, 0.15) is 34.5 Å². The zero-order chi connectivity index (χ0) is 14.7. The van der Waals surface area contributed by atoms with Crippen LogP contribution in [0.3, 0.4) is 0 Å². The summed E-state index contributed by atoms with van der Waals surface area (Å²) in [6, 6.07) is 10.2. The highest BCUT2D eigenvalue weighted by Crippen LogP contribution is 2.29. The molecule has 2 aromatic rings. The molecule has 0 saturated heterocycles. The molecule has 20 heavy (non-hydrogen) atoms. The summed E-state index contributed by atoms with van der Waals surface area (Å²) in [7, 11) is 0. The van der Waals surface area contributed by atoms with Crippen LogP contribution in [0.1, 0.15) is 21.5 Å². The van der Waals surface area contributed by atoms with Crippen molar-refractivity contribution in [3.8, 4) is 17.6 Å². The average Bonchev–Trinajstić information content (AvgIpc) is 2.41. The van der Waals surface area contributed by atoms with Crippen molar-refractivity contribution in [2.45, 2.75) is 6.92 Å². The van der Waals surface area contributed by atoms with Gasteiger partial charge in [-0.05, 0) is 31.2 Å². The third-order valence-corrected chi connectivity index (χ3v) is 2.67. The van der Waals surface area contributed by atoms with Gasteiger partial charge in [-0.3, -0.25) is 0 Å². The van der Waals surface area contributed by atoms with Crippen LogP contribution in [0.25, 0.3) is 0 Å². The van der Waals surface area contributed by atoms with E-state index < -0.39 is 11.8 Å². The van der Waals surface area contributed by atoms with E-state index in [0.29, 0.717) is 0 Å². The topological polar surface area (TPSA) is 70.3 Å². The lowest BCUT2D eigenvalue weighted by Gasteiger charge is -2.10. The largest absolute Gasteiger partial charge is 0.478 e. The van der Waals surface area contributed by atoms with Crippen LogP contribution in [0.5, 0.6) is 11.5 Å². The molecule has 0 atom stereocenters. The number of carbonyl (C=O) groups is 1. The zero-order valence-corrected chi connectivity index (χ0v) is 10.6. The van der Waals surface area contributed by atoms with Gasteiger partial charge in [0.15, 0.2) is 0 Å². The van der Waals surface area contributed by atoms with Crippen molar-refractivity contribution in [1.82, 2.24) is 0 Å². The van der Waals surface area contributed by atoms with Crippen molar-refractivity contribution in [3.63, 3.8) is 0 Å². The third-order valence-electron chi connectivity index (χ3n) is 2.67. The van der Waals surface area contributed by atoms with E-state index in [-0.39, 0.29) is 22.6 Å². The number of nitrogens with zero attached hydrogens (tertiary/aromatic N) is 1. The van der Waals surface area contributed by atoms with Gasteiger partial charge in [-0.2, -0.15) is 5.26 Å². The normalized spacial score (nSPS) is 9.85. The minimum atomic E-state index is -1.15. The van der Waals surface area contributed by atoms with Gasteiger partial charge in [0.25, 0.3) is 0 Å². The van der Waals surface area contributed by atoms with E-state index in [4.69, 9.17) is 15.1 Å². The summed E-state index contributed by atoms with van der Waals surface area (Å²) in [5.41, 5.74) is 0.456. The second kappa shape index (κ2) is 5.41. The summed E-state index contributed by atoms with van der Waals surface area (Å²) in [6.07, 6.45) is 0. The van der Waals surface area contributed by atoms with Crippen molar-refractivity contribution in [2.24, 2.45) is 0 Å². The number of carboxylic acids is 1. The van der Waals surface area contributed by atoms with Crippen LogP contribution in [0.15, 0.2) is 36.4 Å². The van der Waals surface area contributed by atoms with E-state index in [1.54, 1.807) is 19.1 Å². The second-order valence-corrected chi connectivity index (χ2v) is 4.13. The van der Waals surface area contributed by atoms with E-state index in [9.17, 15) is 9.18 Å². The molecule has 5 heteroatoms. The molecule has 0 bridgehead atoms. The number of halogens is 1. The Balaban J connectivity index is 2.49.